The van der Waals surface area contributed by atoms with Crippen LogP contribution in [0.25, 0.3) is 10.2 Å². The van der Waals surface area contributed by atoms with Crippen molar-refractivity contribution in [3.63, 3.8) is 0 Å². The topological polar surface area (TPSA) is 83.7 Å². The second kappa shape index (κ2) is 9.39. The molecule has 1 atom stereocenters. The molecule has 0 saturated carbocycles. The van der Waals surface area contributed by atoms with Crippen LogP contribution in [0.15, 0.2) is 64.1 Å². The Balaban J connectivity index is 1.52. The number of sulfonamides is 1. The fourth-order valence-corrected chi connectivity index (χ4v) is 7.11. The third-order valence-corrected chi connectivity index (χ3v) is 9.51. The average molecular weight is 530 g/mol. The van der Waals surface area contributed by atoms with E-state index < -0.39 is 16.1 Å². The summed E-state index contributed by atoms with van der Waals surface area (Å²) in [6.07, 6.45) is 2.58. The maximum absolute atomic E-state index is 13.9. The number of carbonyl (C=O) groups is 1. The number of anilines is 1. The van der Waals surface area contributed by atoms with Gasteiger partial charge in [-0.25, -0.2) is 13.4 Å². The van der Waals surface area contributed by atoms with Gasteiger partial charge in [0.05, 0.1) is 27.9 Å². The SMILES string of the molecule is Cc1cc2nc(N(Cc3ccco3)C(=O)C3CCCN3S(=O)(=O)c3ccc(Cl)cc3)sc2cc1C. The van der Waals surface area contributed by atoms with Crippen molar-refractivity contribution in [2.75, 3.05) is 11.4 Å². The van der Waals surface area contributed by atoms with Gasteiger partial charge in [0.2, 0.25) is 15.9 Å². The Hall–Kier alpha value is -2.72. The molecular formula is C25H24ClN3O4S2. The van der Waals surface area contributed by atoms with E-state index in [1.54, 1.807) is 23.3 Å². The first-order chi connectivity index (χ1) is 16.7. The molecule has 0 bridgehead atoms. The average Bonchev–Trinajstić information content (AvgIpc) is 3.58. The van der Waals surface area contributed by atoms with Gasteiger partial charge in [0.1, 0.15) is 11.8 Å². The number of furan rings is 1. The molecule has 0 N–H and O–H groups in total. The lowest BCUT2D eigenvalue weighted by atomic mass is 10.1. The summed E-state index contributed by atoms with van der Waals surface area (Å²) in [5, 5.41) is 0.964. The Labute approximate surface area is 213 Å². The highest BCUT2D eigenvalue weighted by molar-refractivity contribution is 7.89. The third-order valence-electron chi connectivity index (χ3n) is 6.29. The summed E-state index contributed by atoms with van der Waals surface area (Å²) in [7, 11) is -3.88. The highest BCUT2D eigenvalue weighted by Gasteiger charge is 2.42. The number of halogens is 1. The van der Waals surface area contributed by atoms with E-state index in [4.69, 9.17) is 21.0 Å². The van der Waals surface area contributed by atoms with E-state index in [1.807, 2.05) is 19.9 Å². The number of hydrogen-bond donors (Lipinski definition) is 0. The second-order valence-electron chi connectivity index (χ2n) is 8.63. The van der Waals surface area contributed by atoms with Crippen LogP contribution in [0.3, 0.4) is 0 Å². The Bertz CT molecular complexity index is 1440. The van der Waals surface area contributed by atoms with Gasteiger partial charge < -0.3 is 4.42 Å². The second-order valence-corrected chi connectivity index (χ2v) is 12.0. The predicted octanol–water partition coefficient (Wildman–Crippen LogP) is 5.55. The summed E-state index contributed by atoms with van der Waals surface area (Å²) in [4.78, 5) is 20.4. The molecule has 0 spiro atoms. The van der Waals surface area contributed by atoms with Crippen molar-refractivity contribution in [3.05, 3.63) is 76.7 Å². The molecule has 35 heavy (non-hydrogen) atoms. The first kappa shape index (κ1) is 24.0. The molecular weight excluding hydrogens is 506 g/mol. The summed E-state index contributed by atoms with van der Waals surface area (Å²) >= 11 is 7.36. The minimum absolute atomic E-state index is 0.116. The van der Waals surface area contributed by atoms with Crippen molar-refractivity contribution in [3.8, 4) is 0 Å². The van der Waals surface area contributed by atoms with Crippen LogP contribution in [0.5, 0.6) is 0 Å². The summed E-state index contributed by atoms with van der Waals surface area (Å²) in [6, 6.07) is 12.8. The van der Waals surface area contributed by atoms with Crippen molar-refractivity contribution in [1.29, 1.82) is 0 Å². The molecule has 1 amide bonds. The lowest BCUT2D eigenvalue weighted by molar-refractivity contribution is -0.121. The zero-order chi connectivity index (χ0) is 24.7. The van der Waals surface area contributed by atoms with Crippen molar-refractivity contribution < 1.29 is 17.6 Å². The van der Waals surface area contributed by atoms with Crippen molar-refractivity contribution in [2.45, 2.75) is 44.2 Å². The molecule has 2 aromatic carbocycles. The maximum Gasteiger partial charge on any atom is 0.247 e. The van der Waals surface area contributed by atoms with Crippen LogP contribution in [0, 0.1) is 13.8 Å². The fourth-order valence-electron chi connectivity index (χ4n) is 4.28. The number of benzene rings is 2. The smallest absolute Gasteiger partial charge is 0.247 e. The van der Waals surface area contributed by atoms with E-state index in [9.17, 15) is 13.2 Å². The number of fused-ring (bicyclic) bond motifs is 1. The Kier molecular flexibility index (Phi) is 6.43. The lowest BCUT2D eigenvalue weighted by Crippen LogP contribution is -2.47. The highest BCUT2D eigenvalue weighted by Crippen LogP contribution is 2.34. The third kappa shape index (κ3) is 4.61. The molecule has 10 heteroatoms. The van der Waals surface area contributed by atoms with Crippen LogP contribution in [-0.2, 0) is 21.4 Å². The minimum atomic E-state index is -3.88. The molecule has 1 saturated heterocycles. The van der Waals surface area contributed by atoms with Gasteiger partial charge >= 0.3 is 0 Å². The number of hydrogen-bond acceptors (Lipinski definition) is 6. The molecule has 3 heterocycles. The summed E-state index contributed by atoms with van der Waals surface area (Å²) in [5.41, 5.74) is 3.07. The Morgan fingerprint density at radius 2 is 1.94 bits per heavy atom. The van der Waals surface area contributed by atoms with Gasteiger partial charge in [0.25, 0.3) is 0 Å². The maximum atomic E-state index is 13.9. The van der Waals surface area contributed by atoms with E-state index in [2.05, 4.69) is 6.07 Å². The largest absolute Gasteiger partial charge is 0.467 e. The van der Waals surface area contributed by atoms with Gasteiger partial charge in [-0.05, 0) is 86.3 Å². The first-order valence-electron chi connectivity index (χ1n) is 11.2. The van der Waals surface area contributed by atoms with E-state index in [-0.39, 0.29) is 23.9 Å². The Morgan fingerprint density at radius 3 is 2.66 bits per heavy atom. The zero-order valence-corrected chi connectivity index (χ0v) is 21.7. The fraction of sp³-hybridized carbons (Fsp3) is 0.280. The van der Waals surface area contributed by atoms with E-state index in [1.165, 1.54) is 39.9 Å². The van der Waals surface area contributed by atoms with E-state index in [0.717, 1.165) is 21.3 Å². The van der Waals surface area contributed by atoms with Crippen molar-refractivity contribution in [2.24, 2.45) is 0 Å². The quantitative estimate of drug-likeness (QED) is 0.327. The lowest BCUT2D eigenvalue weighted by Gasteiger charge is -2.28. The predicted molar refractivity (Wildman–Crippen MR) is 137 cm³/mol. The number of aromatic nitrogens is 1. The number of rotatable bonds is 6. The van der Waals surface area contributed by atoms with Crippen LogP contribution in [0.4, 0.5) is 5.13 Å². The monoisotopic (exact) mass is 529 g/mol. The summed E-state index contributed by atoms with van der Waals surface area (Å²) < 4.78 is 34.7. The molecule has 4 aromatic rings. The molecule has 1 aliphatic rings. The minimum Gasteiger partial charge on any atom is -0.467 e. The van der Waals surface area contributed by atoms with Crippen molar-refractivity contribution in [1.82, 2.24) is 9.29 Å². The molecule has 2 aromatic heterocycles. The van der Waals surface area contributed by atoms with E-state index >= 15 is 0 Å². The summed E-state index contributed by atoms with van der Waals surface area (Å²) in [6.45, 7) is 4.50. The molecule has 182 valence electrons. The molecule has 1 unspecified atom stereocenters. The molecule has 1 aliphatic heterocycles. The number of thiazole rings is 1. The standard InChI is InChI=1S/C25H24ClN3O4S2/c1-16-13-21-23(14-17(16)2)34-25(27-21)28(15-19-5-4-12-33-19)24(30)22-6-3-11-29(22)35(31,32)20-9-7-18(26)8-10-20/h4-5,7-10,12-14,22H,3,6,11,15H2,1-2H3. The zero-order valence-electron chi connectivity index (χ0n) is 19.3. The summed E-state index contributed by atoms with van der Waals surface area (Å²) in [5.74, 6) is 0.277. The van der Waals surface area contributed by atoms with Gasteiger partial charge in [-0.1, -0.05) is 22.9 Å². The van der Waals surface area contributed by atoms with Crippen LogP contribution in [0.1, 0.15) is 29.7 Å². The molecule has 0 radical (unpaired) electrons. The molecule has 0 aliphatic carbocycles. The van der Waals surface area contributed by atoms with Gasteiger partial charge in [-0.2, -0.15) is 4.31 Å². The van der Waals surface area contributed by atoms with Crippen LogP contribution >= 0.6 is 22.9 Å². The van der Waals surface area contributed by atoms with Crippen molar-refractivity contribution >= 4 is 54.2 Å². The molecule has 5 rings (SSSR count). The first-order valence-corrected chi connectivity index (χ1v) is 13.9. The molecule has 1 fully saturated rings. The number of carbonyl (C=O) groups excluding carboxylic acids is 1. The van der Waals surface area contributed by atoms with Gasteiger partial charge in [-0.3, -0.25) is 9.69 Å². The van der Waals surface area contributed by atoms with Gasteiger partial charge in [0, 0.05) is 11.6 Å². The normalized spacial score (nSPS) is 16.7. The Morgan fingerprint density at radius 1 is 1.20 bits per heavy atom. The number of nitrogens with zero attached hydrogens (tertiary/aromatic N) is 3. The van der Waals surface area contributed by atoms with Gasteiger partial charge in [-0.15, -0.1) is 0 Å². The number of aryl methyl sites for hydroxylation is 2. The van der Waals surface area contributed by atoms with Crippen LogP contribution in [-0.4, -0.2) is 36.2 Å². The molecule has 7 nitrogen and oxygen atoms in total. The van der Waals surface area contributed by atoms with E-state index in [0.29, 0.717) is 28.8 Å². The van der Waals surface area contributed by atoms with Gasteiger partial charge in [0.15, 0.2) is 5.13 Å². The number of amides is 1. The van der Waals surface area contributed by atoms with Crippen LogP contribution < -0.4 is 4.90 Å². The van der Waals surface area contributed by atoms with Crippen LogP contribution in [0.2, 0.25) is 5.02 Å². The highest BCUT2D eigenvalue weighted by atomic mass is 35.5.